The van der Waals surface area contributed by atoms with E-state index < -0.39 is 11.4 Å². The van der Waals surface area contributed by atoms with Crippen molar-refractivity contribution >= 4 is 5.97 Å². The Kier molecular flexibility index (Phi) is 4.99. The van der Waals surface area contributed by atoms with Gasteiger partial charge in [0.05, 0.1) is 5.41 Å². The molecule has 0 aromatic heterocycles. The molecule has 1 heterocycles. The Balaban J connectivity index is 2.03. The van der Waals surface area contributed by atoms with Crippen LogP contribution in [0.25, 0.3) is 0 Å². The van der Waals surface area contributed by atoms with Gasteiger partial charge in [-0.25, -0.2) is 4.39 Å². The monoisotopic (exact) mass is 293 g/mol. The van der Waals surface area contributed by atoms with Crippen molar-refractivity contribution < 1.29 is 14.3 Å². The number of benzene rings is 1. The van der Waals surface area contributed by atoms with Crippen molar-refractivity contribution in [2.75, 3.05) is 13.1 Å². The molecule has 0 radical (unpaired) electrons. The molecule has 1 N–H and O–H groups in total. The van der Waals surface area contributed by atoms with Gasteiger partial charge in [0, 0.05) is 12.6 Å². The number of aliphatic carboxylic acids is 1. The van der Waals surface area contributed by atoms with E-state index in [1.54, 1.807) is 12.1 Å². The number of hydrogen-bond acceptors (Lipinski definition) is 2. The quantitative estimate of drug-likeness (QED) is 0.905. The Morgan fingerprint density at radius 3 is 2.67 bits per heavy atom. The molecule has 2 rings (SSSR count). The topological polar surface area (TPSA) is 40.5 Å². The highest BCUT2D eigenvalue weighted by Crippen LogP contribution is 2.34. The number of nitrogens with zero attached hydrogens (tertiary/aromatic N) is 1. The maximum absolute atomic E-state index is 12.9. The van der Waals surface area contributed by atoms with Gasteiger partial charge >= 0.3 is 5.97 Å². The van der Waals surface area contributed by atoms with Crippen molar-refractivity contribution in [2.24, 2.45) is 5.41 Å². The van der Waals surface area contributed by atoms with Crippen LogP contribution in [0.4, 0.5) is 4.39 Å². The lowest BCUT2D eigenvalue weighted by Crippen LogP contribution is -2.50. The summed E-state index contributed by atoms with van der Waals surface area (Å²) in [6.45, 7) is 5.64. The molecular weight excluding hydrogens is 269 g/mol. The normalized spacial score (nSPS) is 24.7. The summed E-state index contributed by atoms with van der Waals surface area (Å²) in [4.78, 5) is 13.9. The van der Waals surface area contributed by atoms with Crippen LogP contribution in [-0.4, -0.2) is 35.1 Å². The molecule has 0 spiro atoms. The number of carbonyl (C=O) groups is 1. The fourth-order valence-electron chi connectivity index (χ4n) is 3.25. The minimum atomic E-state index is -0.677. The van der Waals surface area contributed by atoms with Crippen LogP contribution in [0.15, 0.2) is 24.3 Å². The molecule has 0 saturated carbocycles. The SMILES string of the molecule is CCC1(C(=O)O)CCCN(C(C)Cc2ccc(F)cc2)C1. The van der Waals surface area contributed by atoms with Gasteiger partial charge in [-0.15, -0.1) is 0 Å². The number of rotatable bonds is 5. The smallest absolute Gasteiger partial charge is 0.310 e. The lowest BCUT2D eigenvalue weighted by molar-refractivity contribution is -0.153. The molecule has 1 aliphatic heterocycles. The molecule has 4 heteroatoms. The summed E-state index contributed by atoms with van der Waals surface area (Å²) >= 11 is 0. The fourth-order valence-corrected chi connectivity index (χ4v) is 3.25. The van der Waals surface area contributed by atoms with Gasteiger partial charge in [0.15, 0.2) is 0 Å². The lowest BCUT2D eigenvalue weighted by atomic mass is 9.77. The maximum atomic E-state index is 12.9. The minimum Gasteiger partial charge on any atom is -0.481 e. The van der Waals surface area contributed by atoms with Gasteiger partial charge in [0.2, 0.25) is 0 Å². The Morgan fingerprint density at radius 1 is 1.43 bits per heavy atom. The molecule has 1 saturated heterocycles. The second kappa shape index (κ2) is 6.56. The van der Waals surface area contributed by atoms with Gasteiger partial charge in [-0.2, -0.15) is 0 Å². The Bertz CT molecular complexity index is 488. The van der Waals surface area contributed by atoms with Gasteiger partial charge in [-0.05, 0) is 56.8 Å². The van der Waals surface area contributed by atoms with E-state index in [1.807, 2.05) is 6.92 Å². The second-order valence-electron chi connectivity index (χ2n) is 6.19. The third-order valence-corrected chi connectivity index (χ3v) is 4.80. The molecule has 1 aromatic carbocycles. The second-order valence-corrected chi connectivity index (χ2v) is 6.19. The van der Waals surface area contributed by atoms with Crippen molar-refractivity contribution in [3.63, 3.8) is 0 Å². The van der Waals surface area contributed by atoms with Crippen molar-refractivity contribution in [3.8, 4) is 0 Å². The highest BCUT2D eigenvalue weighted by atomic mass is 19.1. The molecular formula is C17H24FNO2. The molecule has 1 fully saturated rings. The molecule has 2 atom stereocenters. The Morgan fingerprint density at radius 2 is 2.10 bits per heavy atom. The predicted molar refractivity (Wildman–Crippen MR) is 80.7 cm³/mol. The Labute approximate surface area is 125 Å². The highest BCUT2D eigenvalue weighted by molar-refractivity contribution is 5.75. The number of carboxylic acids is 1. The summed E-state index contributed by atoms with van der Waals surface area (Å²) in [5.41, 5.74) is 0.488. The number of piperidine rings is 1. The average molecular weight is 293 g/mol. The number of hydrogen-bond donors (Lipinski definition) is 1. The van der Waals surface area contributed by atoms with Crippen LogP contribution in [-0.2, 0) is 11.2 Å². The number of likely N-dealkylation sites (tertiary alicyclic amines) is 1. The van der Waals surface area contributed by atoms with E-state index in [0.717, 1.165) is 31.4 Å². The summed E-state index contributed by atoms with van der Waals surface area (Å²) in [5, 5.41) is 9.54. The lowest BCUT2D eigenvalue weighted by Gasteiger charge is -2.42. The van der Waals surface area contributed by atoms with Gasteiger partial charge in [-0.3, -0.25) is 9.69 Å². The van der Waals surface area contributed by atoms with Crippen molar-refractivity contribution in [1.82, 2.24) is 4.90 Å². The van der Waals surface area contributed by atoms with E-state index in [-0.39, 0.29) is 11.9 Å². The van der Waals surface area contributed by atoms with Crippen LogP contribution >= 0.6 is 0 Å². The molecule has 1 aliphatic rings. The van der Waals surface area contributed by atoms with Crippen LogP contribution < -0.4 is 0 Å². The van der Waals surface area contributed by atoms with Gasteiger partial charge in [0.25, 0.3) is 0 Å². The first-order valence-corrected chi connectivity index (χ1v) is 7.69. The standard InChI is InChI=1S/C17H24FNO2/c1-3-17(16(20)21)9-4-10-19(12-17)13(2)11-14-5-7-15(18)8-6-14/h5-8,13H,3-4,9-12H2,1-2H3,(H,20,21). The molecule has 0 aliphatic carbocycles. The predicted octanol–water partition coefficient (Wildman–Crippen LogP) is 3.33. The molecule has 0 amide bonds. The zero-order chi connectivity index (χ0) is 15.5. The zero-order valence-electron chi connectivity index (χ0n) is 12.8. The fraction of sp³-hybridized carbons (Fsp3) is 0.588. The van der Waals surface area contributed by atoms with Gasteiger partial charge < -0.3 is 5.11 Å². The van der Waals surface area contributed by atoms with Crippen molar-refractivity contribution in [3.05, 3.63) is 35.6 Å². The summed E-state index contributed by atoms with van der Waals surface area (Å²) < 4.78 is 12.9. The molecule has 2 unspecified atom stereocenters. The first kappa shape index (κ1) is 16.0. The Hall–Kier alpha value is -1.42. The van der Waals surface area contributed by atoms with E-state index in [1.165, 1.54) is 12.1 Å². The van der Waals surface area contributed by atoms with E-state index in [9.17, 15) is 14.3 Å². The summed E-state index contributed by atoms with van der Waals surface area (Å²) in [6.07, 6.45) is 3.17. The van der Waals surface area contributed by atoms with Crippen molar-refractivity contribution in [1.29, 1.82) is 0 Å². The number of carboxylic acid groups (broad SMARTS) is 1. The zero-order valence-corrected chi connectivity index (χ0v) is 12.8. The van der Waals surface area contributed by atoms with E-state index in [4.69, 9.17) is 0 Å². The van der Waals surface area contributed by atoms with E-state index >= 15 is 0 Å². The van der Waals surface area contributed by atoms with Gasteiger partial charge in [-0.1, -0.05) is 19.1 Å². The summed E-state index contributed by atoms with van der Waals surface area (Å²) in [5.74, 6) is -0.899. The van der Waals surface area contributed by atoms with Crippen LogP contribution in [0.2, 0.25) is 0 Å². The molecule has 21 heavy (non-hydrogen) atoms. The van der Waals surface area contributed by atoms with Crippen LogP contribution in [0.1, 0.15) is 38.7 Å². The third-order valence-electron chi connectivity index (χ3n) is 4.80. The maximum Gasteiger partial charge on any atom is 0.310 e. The molecule has 1 aromatic rings. The van der Waals surface area contributed by atoms with Crippen molar-refractivity contribution in [2.45, 2.75) is 45.6 Å². The summed E-state index contributed by atoms with van der Waals surface area (Å²) in [6, 6.07) is 6.83. The molecule has 116 valence electrons. The minimum absolute atomic E-state index is 0.222. The van der Waals surface area contributed by atoms with Crippen LogP contribution in [0, 0.1) is 11.2 Å². The highest BCUT2D eigenvalue weighted by Gasteiger charge is 2.41. The molecule has 0 bridgehead atoms. The van der Waals surface area contributed by atoms with E-state index in [0.29, 0.717) is 13.0 Å². The first-order valence-electron chi connectivity index (χ1n) is 7.69. The van der Waals surface area contributed by atoms with E-state index in [2.05, 4.69) is 11.8 Å². The molecule has 3 nitrogen and oxygen atoms in total. The largest absolute Gasteiger partial charge is 0.481 e. The van der Waals surface area contributed by atoms with Crippen LogP contribution in [0.3, 0.4) is 0 Å². The summed E-state index contributed by atoms with van der Waals surface area (Å²) in [7, 11) is 0. The number of halogens is 1. The first-order chi connectivity index (χ1) is 9.97. The van der Waals surface area contributed by atoms with Crippen LogP contribution in [0.5, 0.6) is 0 Å². The van der Waals surface area contributed by atoms with Gasteiger partial charge in [0.1, 0.15) is 5.82 Å². The average Bonchev–Trinajstić information content (AvgIpc) is 2.49. The third kappa shape index (κ3) is 3.62.